The Morgan fingerprint density at radius 3 is 2.75 bits per heavy atom. The van der Waals surface area contributed by atoms with Crippen LogP contribution in [0.4, 0.5) is 0 Å². The Labute approximate surface area is 170 Å². The minimum absolute atomic E-state index is 0.0444. The van der Waals surface area contributed by atoms with Crippen LogP contribution in [0.1, 0.15) is 50.5 Å². The number of amides is 1. The van der Waals surface area contributed by atoms with Crippen LogP contribution in [-0.4, -0.2) is 35.0 Å². The molecule has 0 bridgehead atoms. The molecule has 1 aliphatic rings. The molecule has 2 aromatic rings. The Hall–Kier alpha value is -2.02. The third kappa shape index (κ3) is 6.26. The van der Waals surface area contributed by atoms with E-state index >= 15 is 0 Å². The lowest BCUT2D eigenvalue weighted by molar-refractivity contribution is -0.119. The molecule has 1 aliphatic carbocycles. The van der Waals surface area contributed by atoms with Gasteiger partial charge in [0, 0.05) is 12.5 Å². The van der Waals surface area contributed by atoms with Crippen LogP contribution in [0.25, 0.3) is 0 Å². The molecule has 2 atom stereocenters. The van der Waals surface area contributed by atoms with E-state index in [1.54, 1.807) is 7.11 Å². The lowest BCUT2D eigenvalue weighted by atomic mass is 9.86. The summed E-state index contributed by atoms with van der Waals surface area (Å²) >= 11 is 1.31. The molecule has 28 heavy (non-hydrogen) atoms. The van der Waals surface area contributed by atoms with Crippen molar-refractivity contribution in [3.8, 4) is 5.75 Å². The first-order valence-corrected chi connectivity index (χ1v) is 11.0. The molecule has 0 saturated heterocycles. The number of carbonyl (C=O) groups is 1. The average Bonchev–Trinajstić information content (AvgIpc) is 3.16. The van der Waals surface area contributed by atoms with Crippen molar-refractivity contribution in [1.29, 1.82) is 0 Å². The molecular weight excluding hydrogens is 374 g/mol. The number of nitrogens with one attached hydrogen (secondary N) is 1. The van der Waals surface area contributed by atoms with Crippen LogP contribution in [0.15, 0.2) is 33.9 Å². The molecule has 0 aliphatic heterocycles. The fraction of sp³-hybridized carbons (Fsp3) is 0.571. The van der Waals surface area contributed by atoms with Gasteiger partial charge >= 0.3 is 0 Å². The predicted molar refractivity (Wildman–Crippen MR) is 110 cm³/mol. The van der Waals surface area contributed by atoms with E-state index in [4.69, 9.17) is 9.15 Å². The van der Waals surface area contributed by atoms with Crippen LogP contribution in [0.3, 0.4) is 0 Å². The van der Waals surface area contributed by atoms with Crippen LogP contribution in [0.5, 0.6) is 5.75 Å². The van der Waals surface area contributed by atoms with Crippen molar-refractivity contribution in [3.63, 3.8) is 0 Å². The zero-order valence-corrected chi connectivity index (χ0v) is 17.5. The molecule has 1 amide bonds. The predicted octanol–water partition coefficient (Wildman–Crippen LogP) is 4.04. The van der Waals surface area contributed by atoms with Gasteiger partial charge in [0.25, 0.3) is 5.22 Å². The maximum Gasteiger partial charge on any atom is 0.277 e. The molecule has 1 aromatic carbocycles. The van der Waals surface area contributed by atoms with Crippen LogP contribution in [-0.2, 0) is 17.6 Å². The van der Waals surface area contributed by atoms with Gasteiger partial charge in [-0.2, -0.15) is 0 Å². The molecular formula is C21H29N3O3S. The van der Waals surface area contributed by atoms with Crippen molar-refractivity contribution >= 4 is 17.7 Å². The number of thioether (sulfide) groups is 1. The Balaban J connectivity index is 1.37. The van der Waals surface area contributed by atoms with Gasteiger partial charge in [-0.25, -0.2) is 0 Å². The molecule has 3 rings (SSSR count). The largest absolute Gasteiger partial charge is 0.497 e. The summed E-state index contributed by atoms with van der Waals surface area (Å²) in [6.07, 6.45) is 7.34. The zero-order valence-electron chi connectivity index (χ0n) is 16.6. The number of aryl methyl sites for hydroxylation is 2. The van der Waals surface area contributed by atoms with E-state index in [0.29, 0.717) is 28.8 Å². The van der Waals surface area contributed by atoms with E-state index < -0.39 is 0 Å². The quantitative estimate of drug-likeness (QED) is 0.637. The number of ether oxygens (including phenoxy) is 1. The average molecular weight is 404 g/mol. The fourth-order valence-corrected chi connectivity index (χ4v) is 4.13. The molecule has 7 heteroatoms. The normalized spacial score (nSPS) is 19.4. The van der Waals surface area contributed by atoms with Gasteiger partial charge in [0.2, 0.25) is 11.8 Å². The smallest absolute Gasteiger partial charge is 0.277 e. The molecule has 6 nitrogen and oxygen atoms in total. The number of carbonyl (C=O) groups excluding carboxylic acids is 1. The van der Waals surface area contributed by atoms with Gasteiger partial charge in [-0.3, -0.25) is 4.79 Å². The monoisotopic (exact) mass is 403 g/mol. The highest BCUT2D eigenvalue weighted by atomic mass is 32.2. The number of hydrogen-bond acceptors (Lipinski definition) is 6. The van der Waals surface area contributed by atoms with Crippen LogP contribution < -0.4 is 10.1 Å². The number of methoxy groups -OCH3 is 1. The summed E-state index contributed by atoms with van der Waals surface area (Å²) in [5.41, 5.74) is 1.25. The summed E-state index contributed by atoms with van der Waals surface area (Å²) in [4.78, 5) is 12.2. The second kappa shape index (κ2) is 10.5. The summed E-state index contributed by atoms with van der Waals surface area (Å²) < 4.78 is 10.8. The highest BCUT2D eigenvalue weighted by molar-refractivity contribution is 7.99. The molecule has 1 fully saturated rings. The van der Waals surface area contributed by atoms with E-state index in [2.05, 4.69) is 34.6 Å². The Morgan fingerprint density at radius 1 is 1.21 bits per heavy atom. The molecule has 1 saturated carbocycles. The van der Waals surface area contributed by atoms with Gasteiger partial charge in [0.15, 0.2) is 0 Å². The standard InChI is InChI=1S/C21H29N3O3S/c1-15-6-3-4-8-18(15)22-19(25)14-28-21-24-23-20(27-21)9-5-7-16-10-12-17(26-2)13-11-16/h10-13,15,18H,3-9,14H2,1-2H3,(H,22,25)/t15-,18-/m0/s1. The molecule has 152 valence electrons. The number of aromatic nitrogens is 2. The summed E-state index contributed by atoms with van der Waals surface area (Å²) in [6.45, 7) is 2.22. The highest BCUT2D eigenvalue weighted by Gasteiger charge is 2.23. The molecule has 0 radical (unpaired) electrons. The first kappa shape index (κ1) is 20.7. The highest BCUT2D eigenvalue weighted by Crippen LogP contribution is 2.24. The van der Waals surface area contributed by atoms with Gasteiger partial charge < -0.3 is 14.5 Å². The minimum Gasteiger partial charge on any atom is -0.497 e. The van der Waals surface area contributed by atoms with E-state index in [1.165, 1.54) is 36.6 Å². The van der Waals surface area contributed by atoms with Crippen molar-refractivity contribution < 1.29 is 13.9 Å². The zero-order chi connectivity index (χ0) is 19.8. The van der Waals surface area contributed by atoms with Crippen molar-refractivity contribution in [3.05, 3.63) is 35.7 Å². The van der Waals surface area contributed by atoms with Crippen molar-refractivity contribution in [2.75, 3.05) is 12.9 Å². The number of nitrogens with zero attached hydrogens (tertiary/aromatic N) is 2. The SMILES string of the molecule is COc1ccc(CCCc2nnc(SCC(=O)N[C@H]3CCCC[C@@H]3C)o2)cc1. The summed E-state index contributed by atoms with van der Waals surface area (Å²) in [6, 6.07) is 8.38. The van der Waals surface area contributed by atoms with Gasteiger partial charge in [0.05, 0.1) is 12.9 Å². The third-order valence-corrected chi connectivity index (χ3v) is 6.07. The van der Waals surface area contributed by atoms with Crippen LogP contribution in [0.2, 0.25) is 0 Å². The first-order chi connectivity index (χ1) is 13.6. The molecule has 1 aromatic heterocycles. The van der Waals surface area contributed by atoms with Crippen LogP contribution >= 0.6 is 11.8 Å². The Kier molecular flexibility index (Phi) is 7.77. The fourth-order valence-electron chi connectivity index (χ4n) is 3.54. The second-order valence-corrected chi connectivity index (χ2v) is 8.31. The maximum atomic E-state index is 12.2. The Bertz CT molecular complexity index is 748. The molecule has 0 spiro atoms. The van der Waals surface area contributed by atoms with E-state index in [9.17, 15) is 4.79 Å². The molecule has 0 unspecified atom stereocenters. The number of hydrogen-bond donors (Lipinski definition) is 1. The number of benzene rings is 1. The lowest BCUT2D eigenvalue weighted by Crippen LogP contribution is -2.41. The number of rotatable bonds is 9. The summed E-state index contributed by atoms with van der Waals surface area (Å²) in [5, 5.41) is 11.8. The topological polar surface area (TPSA) is 77.2 Å². The van der Waals surface area contributed by atoms with Gasteiger partial charge in [-0.05, 0) is 49.3 Å². The van der Waals surface area contributed by atoms with Gasteiger partial charge in [-0.15, -0.1) is 10.2 Å². The van der Waals surface area contributed by atoms with E-state index in [1.807, 2.05) is 12.1 Å². The maximum absolute atomic E-state index is 12.2. The van der Waals surface area contributed by atoms with Crippen molar-refractivity contribution in [2.45, 2.75) is 63.1 Å². The van der Waals surface area contributed by atoms with Gasteiger partial charge in [-0.1, -0.05) is 43.7 Å². The third-order valence-electron chi connectivity index (χ3n) is 5.25. The summed E-state index contributed by atoms with van der Waals surface area (Å²) in [5.74, 6) is 2.41. The molecule has 1 N–H and O–H groups in total. The minimum atomic E-state index is 0.0444. The summed E-state index contributed by atoms with van der Waals surface area (Å²) in [7, 11) is 1.67. The molecule has 1 heterocycles. The van der Waals surface area contributed by atoms with Crippen molar-refractivity contribution in [2.24, 2.45) is 5.92 Å². The lowest BCUT2D eigenvalue weighted by Gasteiger charge is -2.29. The van der Waals surface area contributed by atoms with Crippen LogP contribution in [0, 0.1) is 5.92 Å². The van der Waals surface area contributed by atoms with E-state index in [0.717, 1.165) is 31.4 Å². The first-order valence-electron chi connectivity index (χ1n) is 10.0. The second-order valence-electron chi connectivity index (χ2n) is 7.39. The van der Waals surface area contributed by atoms with Crippen molar-refractivity contribution in [1.82, 2.24) is 15.5 Å². The Morgan fingerprint density at radius 2 is 2.00 bits per heavy atom. The van der Waals surface area contributed by atoms with Gasteiger partial charge in [0.1, 0.15) is 5.75 Å². The van der Waals surface area contributed by atoms with E-state index in [-0.39, 0.29) is 5.91 Å².